The van der Waals surface area contributed by atoms with Gasteiger partial charge in [0.25, 0.3) is 0 Å². The van der Waals surface area contributed by atoms with Crippen molar-refractivity contribution in [2.75, 3.05) is 85.9 Å². The van der Waals surface area contributed by atoms with Gasteiger partial charge in [-0.15, -0.1) is 12.6 Å². The van der Waals surface area contributed by atoms with Crippen LogP contribution in [0.5, 0.6) is 57.5 Å². The maximum Gasteiger partial charge on any atom is 0.331 e. The third-order valence-electron chi connectivity index (χ3n) is 17.2. The van der Waals surface area contributed by atoms with Crippen molar-refractivity contribution in [2.24, 2.45) is 11.5 Å². The van der Waals surface area contributed by atoms with Crippen LogP contribution in [0.4, 0.5) is 9.59 Å². The Balaban J connectivity index is 0.000000276. The van der Waals surface area contributed by atoms with E-state index >= 15 is 0 Å². The molecule has 2 fully saturated rings. The second-order valence-corrected chi connectivity index (χ2v) is 38.3. The maximum atomic E-state index is 13.2. The minimum atomic E-state index is -4.16. The third-order valence-corrected chi connectivity index (χ3v) is 27.0. The molecule has 0 aromatic heterocycles. The van der Waals surface area contributed by atoms with Crippen LogP contribution in [0.15, 0.2) is 297 Å². The van der Waals surface area contributed by atoms with E-state index in [-0.39, 0.29) is 66.0 Å². The minimum absolute atomic E-state index is 0.00951. The van der Waals surface area contributed by atoms with Gasteiger partial charge in [0.05, 0.1) is 68.2 Å². The van der Waals surface area contributed by atoms with Gasteiger partial charge < -0.3 is 80.1 Å². The number of nitrogens with one attached hydrogen (secondary N) is 4. The van der Waals surface area contributed by atoms with Crippen molar-refractivity contribution in [2.45, 2.75) is 38.7 Å². The first-order valence-corrected chi connectivity index (χ1v) is 46.7. The fraction of sp³-hybridized carbons (Fsp3) is 0.188. The van der Waals surface area contributed by atoms with Crippen LogP contribution >= 0.6 is 99.4 Å². The standard InChI is InChI=1S/C18H18N2O6S.C18H18N2O5S2.C17H20N2O5S.C15H14O5S.C12H10OS.C3H5BrO2.CCl2O.CCl2S/c1-25-16(21)18(11-19-17(22)20-12-18)27(23,24)15-9-7-14(8-10-15)26-13-5-3-2-4-6-13;1-24-16(21)18(11-19-17(26)20-12-18)27(22,23)15-9-7-14(8-10-15)25-13-5-3-2-4-6-13;1-23-16(20)17(11-18,12-19)25(21,22)15-9-7-14(8-10-15)24-13-5-3-2-4-6-13;1-19-15(16)11-21(17,18)14-9-7-13(8-10-14)20-12-5-3-2-4-6-12;14-12-8-6-11(7-9-12)13-10-4-2-1-3-5-10;1-6-3(5)2-4;2*2-1(3)4/h2-10H,11-12H2,1H3,(H2,19,20,22);2-10H,11-12H2,1H3,(H2,19,20,26);2-10H,11-12,18-19H2,1H3;2-10H,11H2,1H3;1-9,14H;2H2,1H3;;. The van der Waals surface area contributed by atoms with Crippen molar-refractivity contribution in [3.8, 4) is 57.5 Å². The number of esters is 5. The van der Waals surface area contributed by atoms with Gasteiger partial charge >= 0.3 is 40.6 Å². The number of amides is 2. The summed E-state index contributed by atoms with van der Waals surface area (Å²) in [6.07, 6.45) is 0. The van der Waals surface area contributed by atoms with Gasteiger partial charge in [0.1, 0.15) is 62.8 Å². The van der Waals surface area contributed by atoms with E-state index in [4.69, 9.17) is 84.8 Å². The molecule has 0 saturated carbocycles. The summed E-state index contributed by atoms with van der Waals surface area (Å²) in [5.74, 6) is 1.59. The van der Waals surface area contributed by atoms with E-state index in [1.807, 2.05) is 127 Å². The van der Waals surface area contributed by atoms with Crippen LogP contribution in [0, 0.1) is 0 Å². The molecule has 10 aromatic carbocycles. The molecule has 2 aliphatic heterocycles. The van der Waals surface area contributed by atoms with Crippen molar-refractivity contribution in [1.82, 2.24) is 21.3 Å². The van der Waals surface area contributed by atoms with Crippen molar-refractivity contribution in [3.63, 3.8) is 0 Å². The van der Waals surface area contributed by atoms with Crippen molar-refractivity contribution in [3.05, 3.63) is 273 Å². The van der Waals surface area contributed by atoms with Crippen LogP contribution in [0.3, 0.4) is 0 Å². The SMILES string of the molecule is COC(=O)C(CN)(CN)S(=O)(=O)c1ccc(Oc2ccccc2)cc1.COC(=O)C1(S(=O)(=O)c2ccc(Oc3ccccc3)cc2)CNC(=O)NC1.COC(=O)C1(S(=O)(=O)c2ccc(Oc3ccccc3)cc2)CNC(=S)NC1.COC(=O)CBr.COC(=O)CS(=O)(=O)c1ccc(Oc2ccccc2)cc1.O=C(Cl)Cl.S=C(Cl)Cl.Sc1ccc(Oc2ccccc2)cc1. The van der Waals surface area contributed by atoms with Crippen molar-refractivity contribution < 1.29 is 115 Å². The molecular formula is C85H85BrCl4N6O25S7. The Kier molecular flexibility index (Phi) is 44.6. The number of thiol groups is 1. The highest BCUT2D eigenvalue weighted by Gasteiger charge is 2.56. The largest absolute Gasteiger partial charge is 0.468 e. The lowest BCUT2D eigenvalue weighted by molar-refractivity contribution is -0.144. The minimum Gasteiger partial charge on any atom is -0.468 e. The number of benzene rings is 10. The number of rotatable bonds is 25. The van der Waals surface area contributed by atoms with Gasteiger partial charge in [-0.2, -0.15) is 0 Å². The number of carbonyl (C=O) groups is 7. The summed E-state index contributed by atoms with van der Waals surface area (Å²) in [6.45, 7) is -2.07. The summed E-state index contributed by atoms with van der Waals surface area (Å²) in [4.78, 5) is 78.9. The normalized spacial score (nSPS) is 12.7. The lowest BCUT2D eigenvalue weighted by atomic mass is 10.1. The molecule has 12 rings (SSSR count). The first kappa shape index (κ1) is 108. The molecule has 2 amide bonds. The van der Waals surface area contributed by atoms with E-state index in [1.165, 1.54) is 92.0 Å². The van der Waals surface area contributed by atoms with E-state index in [0.717, 1.165) is 44.8 Å². The van der Waals surface area contributed by atoms with E-state index in [2.05, 4.69) is 99.5 Å². The van der Waals surface area contributed by atoms with Crippen LogP contribution < -0.4 is 56.4 Å². The molecule has 43 heteroatoms. The number of sulfone groups is 4. The van der Waals surface area contributed by atoms with Gasteiger partial charge in [-0.25, -0.2) is 38.5 Å². The molecule has 0 radical (unpaired) electrons. The Morgan fingerprint density at radius 3 is 0.891 bits per heavy atom. The molecule has 10 aromatic rings. The second-order valence-electron chi connectivity index (χ2n) is 25.4. The van der Waals surface area contributed by atoms with Crippen molar-refractivity contribution in [1.29, 1.82) is 0 Å². The molecule has 682 valence electrons. The zero-order valence-corrected chi connectivity index (χ0v) is 78.7. The summed E-state index contributed by atoms with van der Waals surface area (Å²) in [7, 11) is -10.2. The van der Waals surface area contributed by atoms with Crippen LogP contribution in [0.2, 0.25) is 0 Å². The molecule has 2 saturated heterocycles. The monoisotopic (exact) mass is 2030 g/mol. The number of ether oxygens (including phenoxy) is 10. The summed E-state index contributed by atoms with van der Waals surface area (Å²) >= 11 is 34.5. The number of nitrogens with two attached hydrogens (primary N) is 2. The number of thiocarbonyl (C=S) groups is 2. The molecule has 0 atom stereocenters. The summed E-state index contributed by atoms with van der Waals surface area (Å²) in [5, 5.41) is 10.7. The summed E-state index contributed by atoms with van der Waals surface area (Å²) in [6, 6.07) is 76.3. The zero-order valence-electron chi connectivity index (χ0n) is 68.3. The molecule has 2 aliphatic rings. The molecular weight excluding hydrogens is 1950 g/mol. The fourth-order valence-electron chi connectivity index (χ4n) is 10.6. The van der Waals surface area contributed by atoms with E-state index in [9.17, 15) is 62.4 Å². The quantitative estimate of drug-likeness (QED) is 0.00698. The van der Waals surface area contributed by atoms with Gasteiger partial charge in [0, 0.05) is 31.1 Å². The number of urea groups is 1. The highest BCUT2D eigenvalue weighted by molar-refractivity contribution is 9.09. The number of para-hydroxylation sites is 5. The lowest BCUT2D eigenvalue weighted by Gasteiger charge is -2.35. The number of methoxy groups -OCH3 is 5. The first-order chi connectivity index (χ1) is 60.8. The van der Waals surface area contributed by atoms with Crippen molar-refractivity contribution >= 4 is 188 Å². The van der Waals surface area contributed by atoms with Crippen LogP contribution in [-0.4, -0.2) is 183 Å². The highest BCUT2D eigenvalue weighted by Crippen LogP contribution is 2.35. The van der Waals surface area contributed by atoms with Gasteiger partial charge in [-0.1, -0.05) is 142 Å². The second kappa shape index (κ2) is 53.1. The van der Waals surface area contributed by atoms with Crippen LogP contribution in [0.25, 0.3) is 0 Å². The fourth-order valence-corrected chi connectivity index (χ4v) is 17.5. The molecule has 0 spiro atoms. The number of hydrogen-bond acceptors (Lipinski definition) is 30. The molecule has 0 aliphatic carbocycles. The lowest BCUT2D eigenvalue weighted by Crippen LogP contribution is -2.66. The maximum absolute atomic E-state index is 13.2. The van der Waals surface area contributed by atoms with Gasteiger partial charge in [0.2, 0.25) is 9.49 Å². The topological polar surface area (TPSA) is 449 Å². The molecule has 8 N–H and O–H groups in total. The van der Waals surface area contributed by atoms with Crippen LogP contribution in [0.1, 0.15) is 0 Å². The number of carbonyl (C=O) groups excluding carboxylic acids is 7. The number of alkyl halides is 1. The Morgan fingerprint density at radius 2 is 0.648 bits per heavy atom. The Labute approximate surface area is 784 Å². The van der Waals surface area contributed by atoms with E-state index in [1.54, 1.807) is 60.7 Å². The molecule has 0 bridgehead atoms. The smallest absolute Gasteiger partial charge is 0.331 e. The average molecular weight is 2040 g/mol. The number of halogens is 5. The zero-order chi connectivity index (χ0) is 94.7. The first-order valence-electron chi connectivity index (χ1n) is 36.7. The van der Waals surface area contributed by atoms with Crippen LogP contribution in [-0.2, 0) is 87.0 Å². The average Bonchev–Trinajstić information content (AvgIpc) is 0.747. The Morgan fingerprint density at radius 1 is 0.398 bits per heavy atom. The van der Waals surface area contributed by atoms with Gasteiger partial charge in [-0.05, 0) is 217 Å². The van der Waals surface area contributed by atoms with Gasteiger partial charge in [0.15, 0.2) is 58.7 Å². The third kappa shape index (κ3) is 32.3. The summed E-state index contributed by atoms with van der Waals surface area (Å²) < 4.78 is 146. The van der Waals surface area contributed by atoms with E-state index < -0.39 is 107 Å². The molecule has 31 nitrogen and oxygen atoms in total. The molecule has 0 unspecified atom stereocenters. The Bertz CT molecular complexity index is 5570. The highest BCUT2D eigenvalue weighted by atomic mass is 79.9. The predicted octanol–water partition coefficient (Wildman–Crippen LogP) is 14.3. The predicted molar refractivity (Wildman–Crippen MR) is 497 cm³/mol. The van der Waals surface area contributed by atoms with Gasteiger partial charge in [-0.3, -0.25) is 28.8 Å². The Hall–Kier alpha value is -11.0. The van der Waals surface area contributed by atoms with E-state index in [0.29, 0.717) is 46.0 Å². The molecule has 2 heterocycles. The molecule has 128 heavy (non-hydrogen) atoms. The summed E-state index contributed by atoms with van der Waals surface area (Å²) in [5.41, 5.74) is 11.1. The number of hydrogen-bond donors (Lipinski definition) is 7.